The third-order valence-corrected chi connectivity index (χ3v) is 10.4. The summed E-state index contributed by atoms with van der Waals surface area (Å²) < 4.78 is 6.37. The number of piperazine rings is 1. The number of nitrogens with one attached hydrogen (secondary N) is 3. The zero-order valence-corrected chi connectivity index (χ0v) is 29.4. The van der Waals surface area contributed by atoms with E-state index in [0.29, 0.717) is 13.2 Å². The molecule has 0 spiro atoms. The fraction of sp³-hybridized carbons (Fsp3) is 0.289. The predicted molar refractivity (Wildman–Crippen MR) is 200 cm³/mol. The maximum atomic E-state index is 6.37. The van der Waals surface area contributed by atoms with Crippen LogP contribution in [0.5, 0.6) is 5.75 Å². The number of hydrogen-bond donors (Lipinski definition) is 3. The molecular weight excluding hydrogens is 652 g/mol. The van der Waals surface area contributed by atoms with Gasteiger partial charge in [-0.05, 0) is 54.4 Å². The number of H-pyrrole nitrogens is 1. The van der Waals surface area contributed by atoms with Crippen molar-refractivity contribution in [2.45, 2.75) is 26.6 Å². The van der Waals surface area contributed by atoms with Gasteiger partial charge in [0.1, 0.15) is 30.1 Å². The van der Waals surface area contributed by atoms with Crippen molar-refractivity contribution in [3.8, 4) is 27.4 Å². The van der Waals surface area contributed by atoms with Crippen molar-refractivity contribution in [3.63, 3.8) is 0 Å². The number of nitrogens with zero attached hydrogens (tertiary/aromatic N) is 5. The Bertz CT molecular complexity index is 2000. The highest BCUT2D eigenvalue weighted by molar-refractivity contribution is 7.13. The van der Waals surface area contributed by atoms with E-state index in [2.05, 4.69) is 95.8 Å². The summed E-state index contributed by atoms with van der Waals surface area (Å²) in [4.78, 5) is 23.1. The van der Waals surface area contributed by atoms with Crippen molar-refractivity contribution in [1.82, 2.24) is 35.1 Å². The first-order chi connectivity index (χ1) is 24.0. The van der Waals surface area contributed by atoms with Crippen LogP contribution in [-0.2, 0) is 19.6 Å². The monoisotopic (exact) mass is 692 g/mol. The molecule has 0 unspecified atom stereocenters. The van der Waals surface area contributed by atoms with Crippen LogP contribution in [0, 0.1) is 6.92 Å². The summed E-state index contributed by atoms with van der Waals surface area (Å²) in [6, 6.07) is 25.3. The maximum absolute atomic E-state index is 6.37. The van der Waals surface area contributed by atoms with Crippen LogP contribution in [0.3, 0.4) is 0 Å². The van der Waals surface area contributed by atoms with Gasteiger partial charge in [-0.3, -0.25) is 9.80 Å². The van der Waals surface area contributed by atoms with E-state index in [1.807, 2.05) is 36.8 Å². The molecule has 1 fully saturated rings. The van der Waals surface area contributed by atoms with Gasteiger partial charge in [0.2, 0.25) is 0 Å². The minimum absolute atomic E-state index is 0.587. The van der Waals surface area contributed by atoms with E-state index in [1.165, 1.54) is 21.6 Å². The van der Waals surface area contributed by atoms with Gasteiger partial charge in [0.25, 0.3) is 0 Å². The summed E-state index contributed by atoms with van der Waals surface area (Å²) in [6.45, 7) is 10.1. The Labute approximate surface area is 296 Å². The number of hydrogen-bond acceptors (Lipinski definition) is 9. The Morgan fingerprint density at radius 3 is 2.45 bits per heavy atom. The minimum atomic E-state index is 0.587. The van der Waals surface area contributed by atoms with Gasteiger partial charge in [0.15, 0.2) is 0 Å². The lowest BCUT2D eigenvalue weighted by molar-refractivity contribution is 0.112. The third kappa shape index (κ3) is 7.95. The molecule has 6 aromatic rings. The molecule has 0 saturated carbocycles. The Morgan fingerprint density at radius 2 is 1.67 bits per heavy atom. The summed E-state index contributed by atoms with van der Waals surface area (Å²) in [6.07, 6.45) is 1.58. The molecule has 0 atom stereocenters. The van der Waals surface area contributed by atoms with E-state index in [-0.39, 0.29) is 0 Å². The van der Waals surface area contributed by atoms with Gasteiger partial charge in [0, 0.05) is 68.6 Å². The van der Waals surface area contributed by atoms with Crippen molar-refractivity contribution in [1.29, 1.82) is 0 Å². The number of aromatic amines is 1. The molecule has 0 radical (unpaired) electrons. The number of fused-ring (bicyclic) bond motifs is 1. The standard InChI is InChI=1S/C38H41ClN8OS/c1-26-36(49-25-44-26)29-11-12-31(21-40-2)35(19-29)48-18-17-46-13-15-47(16-14-46)23-27-7-9-28(10-8-27)34-20-32-37(42-24-43-38(32)45-34)41-22-30-5-3-4-6-33(30)39/h3-12,19-20,24-25,40H,13-18,21-23H2,1-2H3,(H2,41,42,43,45). The van der Waals surface area contributed by atoms with Gasteiger partial charge in [-0.2, -0.15) is 0 Å². The Balaban J connectivity index is 0.903. The number of anilines is 1. The van der Waals surface area contributed by atoms with Gasteiger partial charge in [0.05, 0.1) is 21.5 Å². The molecule has 3 aromatic heterocycles. The molecule has 0 bridgehead atoms. The second-order valence-corrected chi connectivity index (χ2v) is 13.7. The number of aromatic nitrogens is 4. The first kappa shape index (κ1) is 33.2. The maximum Gasteiger partial charge on any atom is 0.143 e. The molecule has 1 aliphatic rings. The fourth-order valence-electron chi connectivity index (χ4n) is 6.31. The molecule has 252 valence electrons. The zero-order chi connectivity index (χ0) is 33.6. The zero-order valence-electron chi connectivity index (χ0n) is 27.9. The van der Waals surface area contributed by atoms with Gasteiger partial charge in [-0.15, -0.1) is 11.3 Å². The smallest absolute Gasteiger partial charge is 0.143 e. The lowest BCUT2D eigenvalue weighted by atomic mass is 10.1. The largest absolute Gasteiger partial charge is 0.492 e. The highest BCUT2D eigenvalue weighted by Crippen LogP contribution is 2.32. The molecular formula is C38H41ClN8OS. The Kier molecular flexibility index (Phi) is 10.5. The van der Waals surface area contributed by atoms with E-state index < -0.39 is 0 Å². The van der Waals surface area contributed by atoms with Gasteiger partial charge in [-0.1, -0.05) is 66.2 Å². The SMILES string of the molecule is CNCc1ccc(-c2scnc2C)cc1OCCN1CCN(Cc2ccc(-c3cc4c(NCc5ccccc5Cl)ncnc4[nH]3)cc2)CC1. The first-order valence-electron chi connectivity index (χ1n) is 16.7. The van der Waals surface area contributed by atoms with E-state index in [9.17, 15) is 0 Å². The van der Waals surface area contributed by atoms with Crippen LogP contribution in [0.1, 0.15) is 22.4 Å². The fourth-order valence-corrected chi connectivity index (χ4v) is 7.31. The van der Waals surface area contributed by atoms with Crippen molar-refractivity contribution in [2.24, 2.45) is 0 Å². The topological polar surface area (TPSA) is 94.2 Å². The Hall–Kier alpha value is -4.32. The summed E-state index contributed by atoms with van der Waals surface area (Å²) in [5, 5.41) is 8.38. The number of thiazole rings is 1. The van der Waals surface area contributed by atoms with Crippen molar-refractivity contribution in [2.75, 3.05) is 51.7 Å². The average Bonchev–Trinajstić information content (AvgIpc) is 3.76. The lowest BCUT2D eigenvalue weighted by Crippen LogP contribution is -2.47. The minimum Gasteiger partial charge on any atom is -0.492 e. The van der Waals surface area contributed by atoms with Crippen LogP contribution in [0.15, 0.2) is 84.6 Å². The molecule has 4 heterocycles. The number of benzene rings is 3. The second-order valence-electron chi connectivity index (χ2n) is 12.4. The number of aryl methyl sites for hydroxylation is 1. The van der Waals surface area contributed by atoms with E-state index in [1.54, 1.807) is 17.7 Å². The molecule has 11 heteroatoms. The molecule has 9 nitrogen and oxygen atoms in total. The molecule has 1 aliphatic heterocycles. The molecule has 49 heavy (non-hydrogen) atoms. The molecule has 1 saturated heterocycles. The molecule has 0 aliphatic carbocycles. The van der Waals surface area contributed by atoms with Crippen molar-refractivity contribution >= 4 is 39.8 Å². The van der Waals surface area contributed by atoms with Crippen molar-refractivity contribution in [3.05, 3.63) is 112 Å². The third-order valence-electron chi connectivity index (χ3n) is 9.07. The van der Waals surface area contributed by atoms with Crippen LogP contribution in [0.25, 0.3) is 32.7 Å². The Morgan fingerprint density at radius 1 is 0.878 bits per heavy atom. The summed E-state index contributed by atoms with van der Waals surface area (Å²) in [5.41, 5.74) is 10.6. The van der Waals surface area contributed by atoms with Crippen LogP contribution in [0.2, 0.25) is 5.02 Å². The predicted octanol–water partition coefficient (Wildman–Crippen LogP) is 7.24. The lowest BCUT2D eigenvalue weighted by Gasteiger charge is -2.34. The summed E-state index contributed by atoms with van der Waals surface area (Å²) >= 11 is 8.03. The van der Waals surface area contributed by atoms with Gasteiger partial charge < -0.3 is 20.4 Å². The van der Waals surface area contributed by atoms with Gasteiger partial charge >= 0.3 is 0 Å². The summed E-state index contributed by atoms with van der Waals surface area (Å²) in [7, 11) is 1.97. The normalized spacial score (nSPS) is 14.0. The van der Waals surface area contributed by atoms with Crippen molar-refractivity contribution < 1.29 is 4.74 Å². The van der Waals surface area contributed by atoms with Crippen LogP contribution >= 0.6 is 22.9 Å². The van der Waals surface area contributed by atoms with E-state index >= 15 is 0 Å². The number of ether oxygens (including phenoxy) is 1. The highest BCUT2D eigenvalue weighted by atomic mass is 35.5. The van der Waals surface area contributed by atoms with Crippen LogP contribution < -0.4 is 15.4 Å². The second kappa shape index (κ2) is 15.5. The van der Waals surface area contributed by atoms with E-state index in [0.717, 1.165) is 96.0 Å². The number of halogens is 1. The van der Waals surface area contributed by atoms with Gasteiger partial charge in [-0.25, -0.2) is 15.0 Å². The number of rotatable bonds is 13. The highest BCUT2D eigenvalue weighted by Gasteiger charge is 2.18. The molecule has 3 N–H and O–H groups in total. The first-order valence-corrected chi connectivity index (χ1v) is 18.0. The average molecular weight is 693 g/mol. The molecule has 7 rings (SSSR count). The van der Waals surface area contributed by atoms with E-state index in [4.69, 9.17) is 16.3 Å². The van der Waals surface area contributed by atoms with Crippen LogP contribution in [-0.4, -0.2) is 76.1 Å². The molecule has 3 aromatic carbocycles. The summed E-state index contributed by atoms with van der Waals surface area (Å²) in [5.74, 6) is 1.73. The molecule has 0 amide bonds. The quantitative estimate of drug-likeness (QED) is 0.117. The van der Waals surface area contributed by atoms with Crippen LogP contribution in [0.4, 0.5) is 5.82 Å².